The van der Waals surface area contributed by atoms with E-state index in [0.29, 0.717) is 4.88 Å². The molecule has 4 rings (SSSR count). The van der Waals surface area contributed by atoms with E-state index in [9.17, 15) is 33.9 Å². The predicted octanol–water partition coefficient (Wildman–Crippen LogP) is 0.209. The maximum atomic E-state index is 13.2. The number of ether oxygens (including phenoxy) is 1. The van der Waals surface area contributed by atoms with E-state index in [4.69, 9.17) is 4.74 Å². The van der Waals surface area contributed by atoms with E-state index in [1.165, 1.54) is 48.5 Å². The first kappa shape index (κ1) is 25.2. The van der Waals surface area contributed by atoms with Crippen LogP contribution < -0.4 is 16.1 Å². The second-order valence-electron chi connectivity index (χ2n) is 7.78. The van der Waals surface area contributed by atoms with Crippen LogP contribution in [0, 0.1) is 0 Å². The maximum absolute atomic E-state index is 13.2. The van der Waals surface area contributed by atoms with Crippen LogP contribution in [0.15, 0.2) is 52.0 Å². The Bertz CT molecular complexity index is 1320. The molecule has 2 aromatic heterocycles. The zero-order valence-corrected chi connectivity index (χ0v) is 20.3. The van der Waals surface area contributed by atoms with E-state index in [2.05, 4.69) is 15.6 Å². The summed E-state index contributed by atoms with van der Waals surface area (Å²) in [5.74, 6) is -3.86. The number of esters is 1. The summed E-state index contributed by atoms with van der Waals surface area (Å²) in [4.78, 5) is 78.0. The number of carboxylic acids is 1. The molecule has 0 aromatic carbocycles. The highest BCUT2D eigenvalue weighted by molar-refractivity contribution is 8.00. The molecule has 0 bridgehead atoms. The van der Waals surface area contributed by atoms with Crippen LogP contribution in [0.5, 0.6) is 0 Å². The highest BCUT2D eigenvalue weighted by atomic mass is 32.2. The Kier molecular flexibility index (Phi) is 7.26. The topological polar surface area (TPSA) is 175 Å². The molecule has 1 unspecified atom stereocenters. The van der Waals surface area contributed by atoms with Crippen LogP contribution in [-0.4, -0.2) is 68.4 Å². The third kappa shape index (κ3) is 4.90. The molecule has 12 nitrogen and oxygen atoms in total. The van der Waals surface area contributed by atoms with E-state index >= 15 is 0 Å². The lowest BCUT2D eigenvalue weighted by Crippen LogP contribution is -2.71. The summed E-state index contributed by atoms with van der Waals surface area (Å²) in [5, 5.41) is 15.8. The Morgan fingerprint density at radius 3 is 2.69 bits per heavy atom. The zero-order chi connectivity index (χ0) is 26.0. The van der Waals surface area contributed by atoms with Crippen molar-refractivity contribution < 1.29 is 33.8 Å². The quantitative estimate of drug-likeness (QED) is 0.274. The second-order valence-corrected chi connectivity index (χ2v) is 9.86. The average Bonchev–Trinajstić information content (AvgIpc) is 3.38. The minimum Gasteiger partial charge on any atom is -0.477 e. The number of carbonyl (C=O) groups excluding carboxylic acids is 4. The van der Waals surface area contributed by atoms with Crippen LogP contribution in [0.2, 0.25) is 0 Å². The number of pyridine rings is 1. The van der Waals surface area contributed by atoms with Crippen molar-refractivity contribution in [1.82, 2.24) is 20.5 Å². The number of thiophene rings is 1. The van der Waals surface area contributed by atoms with Crippen LogP contribution in [-0.2, 0) is 23.9 Å². The number of hydrogen-bond acceptors (Lipinski definition) is 9. The molecule has 4 heterocycles. The Morgan fingerprint density at radius 1 is 1.28 bits per heavy atom. The highest BCUT2D eigenvalue weighted by Gasteiger charge is 2.54. The molecular formula is C22H20N4O8S2. The van der Waals surface area contributed by atoms with E-state index in [0.717, 1.165) is 4.90 Å². The van der Waals surface area contributed by atoms with Gasteiger partial charge in [-0.15, -0.1) is 23.1 Å². The van der Waals surface area contributed by atoms with Gasteiger partial charge in [0.05, 0.1) is 0 Å². The number of rotatable bonds is 8. The number of hydrogen-bond donors (Lipinski definition) is 4. The number of aromatic amines is 1. The van der Waals surface area contributed by atoms with Gasteiger partial charge < -0.3 is 25.5 Å². The molecule has 0 aliphatic carbocycles. The van der Waals surface area contributed by atoms with Crippen molar-refractivity contribution in [2.75, 3.05) is 12.4 Å². The summed E-state index contributed by atoms with van der Waals surface area (Å²) in [6, 6.07) is 2.26. The van der Waals surface area contributed by atoms with Gasteiger partial charge in [0.25, 0.3) is 11.8 Å². The number of β-lactam (4-membered cyclic amide) rings is 1. The molecule has 1 saturated heterocycles. The first-order chi connectivity index (χ1) is 17.2. The van der Waals surface area contributed by atoms with Gasteiger partial charge in [0.2, 0.25) is 5.91 Å². The second kappa shape index (κ2) is 10.4. The zero-order valence-electron chi connectivity index (χ0n) is 18.7. The predicted molar refractivity (Wildman–Crippen MR) is 128 cm³/mol. The fourth-order valence-corrected chi connectivity index (χ4v) is 5.84. The van der Waals surface area contributed by atoms with Crippen molar-refractivity contribution in [2.45, 2.75) is 24.4 Å². The lowest BCUT2D eigenvalue weighted by atomic mass is 10.0. The van der Waals surface area contributed by atoms with Crippen LogP contribution in [0.4, 0.5) is 0 Å². The van der Waals surface area contributed by atoms with Crippen molar-refractivity contribution in [3.05, 3.63) is 67.9 Å². The highest BCUT2D eigenvalue weighted by Crippen LogP contribution is 2.40. The molecule has 2 aliphatic heterocycles. The molecule has 4 N–H and O–H groups in total. The van der Waals surface area contributed by atoms with Gasteiger partial charge in [0.15, 0.2) is 5.43 Å². The minimum absolute atomic E-state index is 0.178. The number of aliphatic carboxylic acids is 1. The van der Waals surface area contributed by atoms with Gasteiger partial charge in [0.1, 0.15) is 35.3 Å². The number of amides is 3. The number of nitrogens with one attached hydrogen (secondary N) is 3. The number of aromatic nitrogens is 1. The normalized spacial score (nSPS) is 19.6. The Balaban J connectivity index is 1.52. The Labute approximate surface area is 211 Å². The van der Waals surface area contributed by atoms with E-state index in [1.807, 2.05) is 0 Å². The number of nitrogens with zero attached hydrogens (tertiary/aromatic N) is 1. The fraction of sp³-hybridized carbons (Fsp3) is 0.273. The van der Waals surface area contributed by atoms with Gasteiger partial charge in [-0.05, 0) is 11.4 Å². The van der Waals surface area contributed by atoms with Crippen molar-refractivity contribution >= 4 is 52.8 Å². The van der Waals surface area contributed by atoms with Crippen LogP contribution in [0.1, 0.15) is 28.2 Å². The number of fused-ring (bicyclic) bond motifs is 1. The number of thioether (sulfide) groups is 1. The van der Waals surface area contributed by atoms with Crippen LogP contribution in [0.3, 0.4) is 0 Å². The molecule has 3 amide bonds. The largest absolute Gasteiger partial charge is 0.477 e. The number of carboxylic acid groups (broad SMARTS) is 1. The van der Waals surface area contributed by atoms with Gasteiger partial charge >= 0.3 is 11.9 Å². The molecule has 14 heteroatoms. The lowest BCUT2D eigenvalue weighted by molar-refractivity contribution is -0.151. The van der Waals surface area contributed by atoms with Crippen molar-refractivity contribution in [1.29, 1.82) is 0 Å². The van der Waals surface area contributed by atoms with Gasteiger partial charge in [-0.2, -0.15) is 0 Å². The van der Waals surface area contributed by atoms with Gasteiger partial charge in [-0.25, -0.2) is 4.79 Å². The molecule has 0 radical (unpaired) electrons. The molecule has 2 aromatic rings. The van der Waals surface area contributed by atoms with Gasteiger partial charge in [-0.1, -0.05) is 6.07 Å². The Morgan fingerprint density at radius 2 is 2.06 bits per heavy atom. The molecule has 3 atom stereocenters. The van der Waals surface area contributed by atoms with Crippen molar-refractivity contribution in [2.24, 2.45) is 0 Å². The molecular weight excluding hydrogens is 512 g/mol. The van der Waals surface area contributed by atoms with Crippen molar-refractivity contribution in [3.63, 3.8) is 0 Å². The van der Waals surface area contributed by atoms with Crippen molar-refractivity contribution in [3.8, 4) is 0 Å². The molecule has 188 valence electrons. The summed E-state index contributed by atoms with van der Waals surface area (Å²) in [6.07, 6.45) is 2.59. The first-order valence-electron chi connectivity index (χ1n) is 10.5. The standard InChI is InChI=1S/C22H20N4O8S2/c1-10(27)34-8-11-9-36-21-16(20(31)26(21)17(11)22(32)33)25-19(30)15(14-3-2-6-35-14)24-18(29)12-7-23-5-4-13(12)28/h2-7,15-16,21H,8-9H2,1H3,(H,23,28)(H,24,29)(H,25,30)(H,32,33)/t15?,16-,21-/m1/s1. The van der Waals surface area contributed by atoms with Gasteiger partial charge in [-0.3, -0.25) is 28.9 Å². The minimum atomic E-state index is -1.35. The average molecular weight is 533 g/mol. The molecule has 2 aliphatic rings. The van der Waals surface area contributed by atoms with E-state index < -0.39 is 52.5 Å². The lowest BCUT2D eigenvalue weighted by Gasteiger charge is -2.49. The third-order valence-corrected chi connectivity index (χ3v) is 7.71. The van der Waals surface area contributed by atoms with E-state index in [-0.39, 0.29) is 29.2 Å². The maximum Gasteiger partial charge on any atom is 0.352 e. The fourth-order valence-electron chi connectivity index (χ4n) is 3.74. The first-order valence-corrected chi connectivity index (χ1v) is 12.5. The van der Waals surface area contributed by atoms with Crippen LogP contribution >= 0.6 is 23.1 Å². The summed E-state index contributed by atoms with van der Waals surface area (Å²) in [7, 11) is 0. The SMILES string of the molecule is CC(=O)OCC1=C(C(=O)O)N2C(=O)[C@@H](NC(=O)C(NC(=O)c3c[nH]ccc3=O)c3cccs3)[C@H]2SC1. The summed E-state index contributed by atoms with van der Waals surface area (Å²) in [5.41, 5.74) is -0.717. The summed E-state index contributed by atoms with van der Waals surface area (Å²) < 4.78 is 4.91. The number of H-pyrrole nitrogens is 1. The monoisotopic (exact) mass is 532 g/mol. The molecule has 0 spiro atoms. The Hall–Kier alpha value is -3.91. The molecule has 36 heavy (non-hydrogen) atoms. The molecule has 1 fully saturated rings. The summed E-state index contributed by atoms with van der Waals surface area (Å²) >= 11 is 2.42. The smallest absolute Gasteiger partial charge is 0.352 e. The van der Waals surface area contributed by atoms with E-state index in [1.54, 1.807) is 17.5 Å². The third-order valence-electron chi connectivity index (χ3n) is 5.43. The number of carbonyl (C=O) groups is 5. The van der Waals surface area contributed by atoms with Gasteiger partial charge in [0, 0.05) is 41.6 Å². The summed E-state index contributed by atoms with van der Waals surface area (Å²) in [6.45, 7) is 0.930. The van der Waals surface area contributed by atoms with Crippen LogP contribution in [0.25, 0.3) is 0 Å². The molecule has 0 saturated carbocycles.